The lowest BCUT2D eigenvalue weighted by atomic mass is 9.63. The van der Waals surface area contributed by atoms with Gasteiger partial charge in [0.25, 0.3) is 0 Å². The Balaban J connectivity index is 1.26. The zero-order valence-corrected chi connectivity index (χ0v) is 22.4. The van der Waals surface area contributed by atoms with Gasteiger partial charge in [0, 0.05) is 17.8 Å². The van der Waals surface area contributed by atoms with Crippen molar-refractivity contribution >= 4 is 25.5 Å². The fourth-order valence-electron chi connectivity index (χ4n) is 11.3. The largest absolute Gasteiger partial charge is 0.385 e. The van der Waals surface area contributed by atoms with Crippen LogP contribution in [0.4, 0.5) is 0 Å². The highest BCUT2D eigenvalue weighted by molar-refractivity contribution is 7.93. The summed E-state index contributed by atoms with van der Waals surface area (Å²) in [5, 5.41) is 12.4. The zero-order chi connectivity index (χ0) is 26.4. The number of fused-ring (bicyclic) bond motifs is 3. The lowest BCUT2D eigenvalue weighted by Gasteiger charge is -2.49. The Morgan fingerprint density at radius 1 is 0.895 bits per heavy atom. The molecular formula is C30H30O6S2. The van der Waals surface area contributed by atoms with Crippen molar-refractivity contribution in [1.82, 2.24) is 0 Å². The normalized spacial score (nSPS) is 46.9. The molecule has 38 heavy (non-hydrogen) atoms. The highest BCUT2D eigenvalue weighted by Crippen LogP contribution is 2.87. The molecule has 0 saturated heterocycles. The second-order valence-electron chi connectivity index (χ2n) is 12.5. The van der Waals surface area contributed by atoms with E-state index in [0.717, 1.165) is 0 Å². The van der Waals surface area contributed by atoms with Crippen LogP contribution in [-0.2, 0) is 24.5 Å². The molecule has 1 N–H and O–H groups in total. The number of benzene rings is 2. The minimum atomic E-state index is -3.93. The molecule has 8 rings (SSSR count). The molecule has 0 unspecified atom stereocenters. The van der Waals surface area contributed by atoms with Gasteiger partial charge in [-0.3, -0.25) is 4.79 Å². The molecular weight excluding hydrogens is 520 g/mol. The Morgan fingerprint density at radius 2 is 1.53 bits per heavy atom. The first-order valence-electron chi connectivity index (χ1n) is 13.6. The van der Waals surface area contributed by atoms with Gasteiger partial charge in [-0.2, -0.15) is 0 Å². The van der Waals surface area contributed by atoms with Gasteiger partial charge in [-0.1, -0.05) is 42.5 Å². The molecule has 0 heterocycles. The van der Waals surface area contributed by atoms with E-state index in [1.54, 1.807) is 66.7 Å². The number of Topliss-reactive ketones (excluding diaryl/α,β-unsaturated/α-hetero) is 1. The van der Waals surface area contributed by atoms with Crippen molar-refractivity contribution in [3.8, 4) is 0 Å². The van der Waals surface area contributed by atoms with Crippen LogP contribution in [0, 0.1) is 59.2 Å². The number of hydrogen-bond donors (Lipinski definition) is 1. The minimum absolute atomic E-state index is 0.00544. The molecule has 2 bridgehead atoms. The highest BCUT2D eigenvalue weighted by Gasteiger charge is 2.92. The van der Waals surface area contributed by atoms with Crippen molar-refractivity contribution in [2.75, 3.05) is 5.75 Å². The van der Waals surface area contributed by atoms with Gasteiger partial charge in [0.1, 0.15) is 5.78 Å². The van der Waals surface area contributed by atoms with Crippen molar-refractivity contribution in [2.45, 2.75) is 33.0 Å². The molecule has 8 heteroatoms. The summed E-state index contributed by atoms with van der Waals surface area (Å²) < 4.78 is 54.0. The molecule has 6 fully saturated rings. The van der Waals surface area contributed by atoms with Crippen molar-refractivity contribution in [2.24, 2.45) is 59.2 Å². The highest BCUT2D eigenvalue weighted by atomic mass is 32.2. The Morgan fingerprint density at radius 3 is 2.16 bits per heavy atom. The molecule has 12 atom stereocenters. The van der Waals surface area contributed by atoms with Crippen LogP contribution in [0.15, 0.2) is 83.1 Å². The number of carbonyl (C=O) groups excluding carboxylic acids is 1. The van der Waals surface area contributed by atoms with Crippen molar-refractivity contribution in [3.63, 3.8) is 0 Å². The SMILES string of the molecule is C=C[C@]1(O)[C@@H]2[C@H](CCS(=O)(=O)c3ccccc3)[C@@H]3C(=O)[C@@H]4[C@@H]5[C@H]6C[C@@]4(S(=O)(=O)c4ccccc4)[C@@H]1[C@@H]6[C@@H]2[C@H]35. The fraction of sp³-hybridized carbons (Fsp3) is 0.500. The number of aliphatic hydroxyl groups is 1. The number of hydrogen-bond acceptors (Lipinski definition) is 6. The monoisotopic (exact) mass is 550 g/mol. The number of carbonyl (C=O) groups is 1. The van der Waals surface area contributed by atoms with Crippen LogP contribution in [0.3, 0.4) is 0 Å². The molecule has 2 aromatic rings. The lowest BCUT2D eigenvalue weighted by Crippen LogP contribution is -2.61. The summed E-state index contributed by atoms with van der Waals surface area (Å²) in [5.41, 5.74) is -1.45. The van der Waals surface area contributed by atoms with Crippen LogP contribution in [0.5, 0.6) is 0 Å². The van der Waals surface area contributed by atoms with Crippen LogP contribution in [0.25, 0.3) is 0 Å². The molecule has 6 saturated carbocycles. The van der Waals surface area contributed by atoms with Gasteiger partial charge < -0.3 is 5.11 Å². The Bertz CT molecular complexity index is 1600. The van der Waals surface area contributed by atoms with E-state index in [1.165, 1.54) is 0 Å². The van der Waals surface area contributed by atoms with E-state index in [4.69, 9.17) is 0 Å². The van der Waals surface area contributed by atoms with E-state index in [9.17, 15) is 26.7 Å². The molecule has 0 aliphatic heterocycles. The van der Waals surface area contributed by atoms with Crippen LogP contribution in [0.2, 0.25) is 0 Å². The van der Waals surface area contributed by atoms with Gasteiger partial charge in [0.15, 0.2) is 19.7 Å². The molecule has 0 amide bonds. The number of rotatable bonds is 7. The van der Waals surface area contributed by atoms with Gasteiger partial charge in [0.2, 0.25) is 0 Å². The molecule has 0 spiro atoms. The van der Waals surface area contributed by atoms with E-state index in [1.807, 2.05) is 0 Å². The number of ketones is 1. The Labute approximate surface area is 223 Å². The molecule has 198 valence electrons. The third-order valence-corrected chi connectivity index (χ3v) is 16.2. The summed E-state index contributed by atoms with van der Waals surface area (Å²) in [7, 11) is -7.49. The Kier molecular flexibility index (Phi) is 4.39. The van der Waals surface area contributed by atoms with Gasteiger partial charge >= 0.3 is 0 Å². The van der Waals surface area contributed by atoms with E-state index < -0.39 is 47.8 Å². The third-order valence-electron chi connectivity index (χ3n) is 11.8. The summed E-state index contributed by atoms with van der Waals surface area (Å²) >= 11 is 0. The maximum Gasteiger partial charge on any atom is 0.185 e. The maximum absolute atomic E-state index is 14.5. The van der Waals surface area contributed by atoms with Crippen molar-refractivity contribution < 1.29 is 26.7 Å². The number of sulfone groups is 2. The van der Waals surface area contributed by atoms with E-state index in [2.05, 4.69) is 6.58 Å². The standard InChI is InChI=1S/C30H30O6S2/c1-2-29(32)25-18(13-14-37(33,34)16-9-5-3-6-10-16)21-23-20-19-15-30(26(20)27(21)31,28(29)22(19)24(23)25)38(35,36)17-11-7-4-8-12-17/h2-12,18-26,28,32H,1,13-15H2/t18-,19-,20-,21+,22+,23+,24-,25-,26+,28-,29+,30+/m1/s1. The van der Waals surface area contributed by atoms with Crippen LogP contribution in [-0.4, -0.2) is 43.8 Å². The molecule has 6 aliphatic rings. The summed E-state index contributed by atoms with van der Waals surface area (Å²) in [5.74, 6) is -2.14. The summed E-state index contributed by atoms with van der Waals surface area (Å²) in [4.78, 5) is 14.8. The van der Waals surface area contributed by atoms with E-state index >= 15 is 0 Å². The van der Waals surface area contributed by atoms with Gasteiger partial charge in [0.05, 0.1) is 25.9 Å². The zero-order valence-electron chi connectivity index (χ0n) is 20.8. The molecule has 6 nitrogen and oxygen atoms in total. The fourth-order valence-corrected chi connectivity index (χ4v) is 15.3. The first-order valence-corrected chi connectivity index (χ1v) is 16.7. The molecule has 2 aromatic carbocycles. The van der Waals surface area contributed by atoms with Gasteiger partial charge in [-0.15, -0.1) is 6.58 Å². The van der Waals surface area contributed by atoms with Crippen LogP contribution >= 0.6 is 0 Å². The van der Waals surface area contributed by atoms with Crippen molar-refractivity contribution in [3.05, 3.63) is 73.3 Å². The molecule has 6 aliphatic carbocycles. The summed E-state index contributed by atoms with van der Waals surface area (Å²) in [6, 6.07) is 16.7. The second-order valence-corrected chi connectivity index (χ2v) is 16.9. The average Bonchev–Trinajstić information content (AvgIpc) is 3.70. The van der Waals surface area contributed by atoms with Crippen LogP contribution < -0.4 is 0 Å². The van der Waals surface area contributed by atoms with Gasteiger partial charge in [-0.25, -0.2) is 16.8 Å². The predicted molar refractivity (Wildman–Crippen MR) is 139 cm³/mol. The smallest absolute Gasteiger partial charge is 0.185 e. The maximum atomic E-state index is 14.5. The van der Waals surface area contributed by atoms with E-state index in [-0.39, 0.29) is 69.2 Å². The quantitative estimate of drug-likeness (QED) is 0.531. The minimum Gasteiger partial charge on any atom is -0.385 e. The van der Waals surface area contributed by atoms with Crippen LogP contribution in [0.1, 0.15) is 12.8 Å². The topological polar surface area (TPSA) is 106 Å². The molecule has 0 radical (unpaired) electrons. The molecule has 0 aromatic heterocycles. The third kappa shape index (κ3) is 2.32. The van der Waals surface area contributed by atoms with Gasteiger partial charge in [-0.05, 0) is 78.5 Å². The summed E-state index contributed by atoms with van der Waals surface area (Å²) in [6.07, 6.45) is 2.25. The first kappa shape index (κ1) is 23.6. The van der Waals surface area contributed by atoms with E-state index in [0.29, 0.717) is 6.42 Å². The lowest BCUT2D eigenvalue weighted by molar-refractivity contribution is -0.132. The average molecular weight is 551 g/mol. The first-order chi connectivity index (χ1) is 18.1. The van der Waals surface area contributed by atoms with Crippen molar-refractivity contribution in [1.29, 1.82) is 0 Å². The Hall–Kier alpha value is -2.29. The summed E-state index contributed by atoms with van der Waals surface area (Å²) in [6.45, 7) is 4.01. The second kappa shape index (κ2) is 7.07. The predicted octanol–water partition coefficient (Wildman–Crippen LogP) is 3.18.